The highest BCUT2D eigenvalue weighted by atomic mass is 16.6. The summed E-state index contributed by atoms with van der Waals surface area (Å²) in [6, 6.07) is 7.38. The number of carbonyl (C=O) groups is 3. The number of carbonyl (C=O) groups excluding carboxylic acids is 3. The fraction of sp³-hybridized carbons (Fsp3) is 0.235. The molecule has 0 saturated carbocycles. The molecule has 0 unspecified atom stereocenters. The van der Waals surface area contributed by atoms with E-state index < -0.39 is 22.7 Å². The molecule has 0 spiro atoms. The molecular weight excluding hydrogens is 328 g/mol. The third kappa shape index (κ3) is 2.93. The molecule has 1 aliphatic heterocycles. The quantitative estimate of drug-likeness (QED) is 0.271. The summed E-state index contributed by atoms with van der Waals surface area (Å²) in [6.07, 6.45) is 0.289. The molecule has 0 aliphatic carbocycles. The molecule has 0 saturated heterocycles. The monoisotopic (exact) mass is 342 g/mol. The van der Waals surface area contributed by atoms with Crippen molar-refractivity contribution in [2.75, 3.05) is 13.2 Å². The van der Waals surface area contributed by atoms with Crippen molar-refractivity contribution in [3.05, 3.63) is 51.6 Å². The number of imide groups is 1. The summed E-state index contributed by atoms with van der Waals surface area (Å²) >= 11 is 0. The highest BCUT2D eigenvalue weighted by Crippen LogP contribution is 2.33. The lowest BCUT2D eigenvalue weighted by Gasteiger charge is -2.27. The summed E-state index contributed by atoms with van der Waals surface area (Å²) in [5, 5.41) is 12.0. The van der Waals surface area contributed by atoms with E-state index in [2.05, 4.69) is 0 Å². The Hall–Kier alpha value is -3.29. The maximum atomic E-state index is 12.7. The van der Waals surface area contributed by atoms with Gasteiger partial charge in [0.15, 0.2) is 0 Å². The van der Waals surface area contributed by atoms with Gasteiger partial charge in [-0.3, -0.25) is 29.4 Å². The minimum absolute atomic E-state index is 0.0590. The predicted molar refractivity (Wildman–Crippen MR) is 87.2 cm³/mol. The molecule has 0 N–H and O–H groups in total. The summed E-state index contributed by atoms with van der Waals surface area (Å²) in [5.41, 5.74) is 0.253. The van der Waals surface area contributed by atoms with E-state index >= 15 is 0 Å². The molecule has 25 heavy (non-hydrogen) atoms. The van der Waals surface area contributed by atoms with Gasteiger partial charge >= 0.3 is 5.97 Å². The lowest BCUT2D eigenvalue weighted by atomic mass is 9.93. The Labute approximate surface area is 142 Å². The summed E-state index contributed by atoms with van der Waals surface area (Å²) in [4.78, 5) is 47.7. The van der Waals surface area contributed by atoms with E-state index in [1.165, 1.54) is 19.1 Å². The predicted octanol–water partition coefficient (Wildman–Crippen LogP) is 2.30. The molecule has 1 aliphatic rings. The molecule has 0 atom stereocenters. The highest BCUT2D eigenvalue weighted by molar-refractivity contribution is 6.25. The molecule has 0 radical (unpaired) electrons. The number of benzene rings is 2. The van der Waals surface area contributed by atoms with Crippen LogP contribution in [0.5, 0.6) is 0 Å². The molecule has 2 aromatic carbocycles. The van der Waals surface area contributed by atoms with Crippen molar-refractivity contribution >= 4 is 34.2 Å². The lowest BCUT2D eigenvalue weighted by Crippen LogP contribution is -2.41. The first-order valence-electron chi connectivity index (χ1n) is 7.61. The largest absolute Gasteiger partial charge is 0.466 e. The fourth-order valence-corrected chi connectivity index (χ4v) is 2.89. The Morgan fingerprint density at radius 3 is 2.60 bits per heavy atom. The van der Waals surface area contributed by atoms with Gasteiger partial charge in [-0.1, -0.05) is 12.1 Å². The number of rotatable bonds is 5. The number of nitro groups is 1. The molecule has 2 aromatic rings. The molecular formula is C17H14N2O6. The van der Waals surface area contributed by atoms with Crippen LogP contribution < -0.4 is 0 Å². The van der Waals surface area contributed by atoms with Crippen LogP contribution in [0, 0.1) is 10.1 Å². The second-order valence-corrected chi connectivity index (χ2v) is 5.61. The number of amides is 2. The molecule has 2 amide bonds. The maximum absolute atomic E-state index is 12.7. The van der Waals surface area contributed by atoms with Crippen LogP contribution in [-0.2, 0) is 9.53 Å². The van der Waals surface area contributed by atoms with E-state index in [4.69, 9.17) is 4.74 Å². The van der Waals surface area contributed by atoms with Gasteiger partial charge in [0.2, 0.25) is 0 Å². The van der Waals surface area contributed by atoms with Gasteiger partial charge in [0.1, 0.15) is 0 Å². The van der Waals surface area contributed by atoms with Gasteiger partial charge in [0, 0.05) is 36.6 Å². The summed E-state index contributed by atoms with van der Waals surface area (Å²) in [7, 11) is 0. The Bertz CT molecular complexity index is 921. The standard InChI is InChI=1S/C17H14N2O6/c1-10(20)25-7-3-6-18-16(21)13-5-2-4-11-8-12(19(23)24)9-14(15(11)13)17(18)22/h2,4-5,8-9H,3,6-7H2,1H3. The SMILES string of the molecule is CC(=O)OCCCN1C(=O)c2cccc3cc([N+](=O)[O-])cc(c23)C1=O. The first-order valence-corrected chi connectivity index (χ1v) is 7.61. The van der Waals surface area contributed by atoms with Gasteiger partial charge in [-0.15, -0.1) is 0 Å². The summed E-state index contributed by atoms with van der Waals surface area (Å²) < 4.78 is 4.80. The minimum atomic E-state index is -0.583. The second kappa shape index (κ2) is 6.31. The number of hydrogen-bond donors (Lipinski definition) is 0. The number of esters is 1. The third-order valence-electron chi connectivity index (χ3n) is 3.95. The van der Waals surface area contributed by atoms with Crippen LogP contribution >= 0.6 is 0 Å². The van der Waals surface area contributed by atoms with E-state index in [0.29, 0.717) is 16.3 Å². The molecule has 8 nitrogen and oxygen atoms in total. The molecule has 8 heteroatoms. The molecule has 0 fully saturated rings. The fourth-order valence-electron chi connectivity index (χ4n) is 2.89. The van der Waals surface area contributed by atoms with Gasteiger partial charge in [0.25, 0.3) is 17.5 Å². The molecule has 128 valence electrons. The Morgan fingerprint density at radius 2 is 1.92 bits per heavy atom. The van der Waals surface area contributed by atoms with Crippen LogP contribution in [0.4, 0.5) is 5.69 Å². The maximum Gasteiger partial charge on any atom is 0.302 e. The van der Waals surface area contributed by atoms with Crippen molar-refractivity contribution in [1.29, 1.82) is 0 Å². The average molecular weight is 342 g/mol. The van der Waals surface area contributed by atoms with Crippen LogP contribution in [0.2, 0.25) is 0 Å². The highest BCUT2D eigenvalue weighted by Gasteiger charge is 2.33. The number of hydrogen-bond acceptors (Lipinski definition) is 6. The number of nitrogens with zero attached hydrogens (tertiary/aromatic N) is 2. The van der Waals surface area contributed by atoms with Crippen molar-refractivity contribution in [1.82, 2.24) is 4.90 Å². The minimum Gasteiger partial charge on any atom is -0.466 e. The summed E-state index contributed by atoms with van der Waals surface area (Å²) in [6.45, 7) is 1.41. The van der Waals surface area contributed by atoms with E-state index in [1.807, 2.05) is 0 Å². The zero-order chi connectivity index (χ0) is 18.1. The molecule has 0 aromatic heterocycles. The molecule has 1 heterocycles. The third-order valence-corrected chi connectivity index (χ3v) is 3.95. The van der Waals surface area contributed by atoms with E-state index in [9.17, 15) is 24.5 Å². The van der Waals surface area contributed by atoms with Crippen LogP contribution in [0.25, 0.3) is 10.8 Å². The van der Waals surface area contributed by atoms with Gasteiger partial charge < -0.3 is 4.74 Å². The smallest absolute Gasteiger partial charge is 0.302 e. The van der Waals surface area contributed by atoms with Gasteiger partial charge in [0.05, 0.1) is 17.1 Å². The molecule has 3 rings (SSSR count). The first-order chi connectivity index (χ1) is 11.9. The Balaban J connectivity index is 1.99. The average Bonchev–Trinajstić information content (AvgIpc) is 2.58. The normalized spacial score (nSPS) is 13.2. The van der Waals surface area contributed by atoms with Gasteiger partial charge in [-0.05, 0) is 17.9 Å². The lowest BCUT2D eigenvalue weighted by molar-refractivity contribution is -0.384. The van der Waals surface area contributed by atoms with Gasteiger partial charge in [-0.2, -0.15) is 0 Å². The van der Waals surface area contributed by atoms with Crippen molar-refractivity contribution in [3.63, 3.8) is 0 Å². The zero-order valence-corrected chi connectivity index (χ0v) is 13.4. The van der Waals surface area contributed by atoms with E-state index in [1.54, 1.807) is 18.2 Å². The number of ether oxygens (including phenoxy) is 1. The molecule has 0 bridgehead atoms. The van der Waals surface area contributed by atoms with Gasteiger partial charge in [-0.25, -0.2) is 0 Å². The van der Waals surface area contributed by atoms with Crippen LogP contribution in [0.15, 0.2) is 30.3 Å². The van der Waals surface area contributed by atoms with Crippen molar-refractivity contribution < 1.29 is 24.0 Å². The van der Waals surface area contributed by atoms with Crippen molar-refractivity contribution in [2.24, 2.45) is 0 Å². The number of non-ortho nitro benzene ring substituents is 1. The Kier molecular flexibility index (Phi) is 4.18. The number of nitro benzene ring substituents is 1. The van der Waals surface area contributed by atoms with Crippen LogP contribution in [0.3, 0.4) is 0 Å². The zero-order valence-electron chi connectivity index (χ0n) is 13.4. The topological polar surface area (TPSA) is 107 Å². The van der Waals surface area contributed by atoms with E-state index in [0.717, 1.165) is 4.90 Å². The second-order valence-electron chi connectivity index (χ2n) is 5.61. The summed E-state index contributed by atoms with van der Waals surface area (Å²) in [5.74, 6) is -1.48. The van der Waals surface area contributed by atoms with E-state index in [-0.39, 0.29) is 30.8 Å². The Morgan fingerprint density at radius 1 is 1.20 bits per heavy atom. The van der Waals surface area contributed by atoms with Crippen LogP contribution in [0.1, 0.15) is 34.1 Å². The first kappa shape index (κ1) is 16.6. The van der Waals surface area contributed by atoms with Crippen LogP contribution in [-0.4, -0.2) is 40.8 Å². The van der Waals surface area contributed by atoms with Crippen molar-refractivity contribution in [3.8, 4) is 0 Å². The van der Waals surface area contributed by atoms with Crippen molar-refractivity contribution in [2.45, 2.75) is 13.3 Å².